The van der Waals surface area contributed by atoms with Gasteiger partial charge in [-0.15, -0.1) is 5.10 Å². The molecule has 1 N–H and O–H groups in total. The number of nitrogens with one attached hydrogen (secondary N) is 1. The highest BCUT2D eigenvalue weighted by atomic mass is 19.1. The van der Waals surface area contributed by atoms with Crippen LogP contribution in [0.3, 0.4) is 0 Å². The summed E-state index contributed by atoms with van der Waals surface area (Å²) in [5, 5.41) is 10.1. The lowest BCUT2D eigenvalue weighted by molar-refractivity contribution is -0.122. The van der Waals surface area contributed by atoms with Crippen LogP contribution in [0.2, 0.25) is 0 Å². The van der Waals surface area contributed by atoms with Gasteiger partial charge in [0.2, 0.25) is 5.91 Å². The topological polar surface area (TPSA) is 89.3 Å². The van der Waals surface area contributed by atoms with Crippen LogP contribution < -0.4 is 10.2 Å². The second-order valence-corrected chi connectivity index (χ2v) is 6.60. The zero-order valence-corrected chi connectivity index (χ0v) is 14.3. The maximum atomic E-state index is 14.6. The monoisotopic (exact) mass is 377 g/mol. The second-order valence-electron chi connectivity index (χ2n) is 6.60. The van der Waals surface area contributed by atoms with Crippen LogP contribution in [0.1, 0.15) is 24.3 Å². The number of cyclic esters (lactones) is 1. The van der Waals surface area contributed by atoms with Crippen molar-refractivity contribution in [2.45, 2.75) is 31.4 Å². The molecule has 2 aromatic rings. The molecule has 2 fully saturated rings. The summed E-state index contributed by atoms with van der Waals surface area (Å²) in [6.45, 7) is 0.640. The van der Waals surface area contributed by atoms with Crippen molar-refractivity contribution in [2.75, 3.05) is 18.0 Å². The van der Waals surface area contributed by atoms with Gasteiger partial charge in [-0.2, -0.15) is 0 Å². The van der Waals surface area contributed by atoms with Gasteiger partial charge in [-0.05, 0) is 18.6 Å². The number of ether oxygens (including phenoxy) is 1. The van der Waals surface area contributed by atoms with Gasteiger partial charge < -0.3 is 10.1 Å². The van der Waals surface area contributed by atoms with Gasteiger partial charge in [0.1, 0.15) is 17.7 Å². The summed E-state index contributed by atoms with van der Waals surface area (Å²) < 4.78 is 36.0. The molecule has 0 radical (unpaired) electrons. The lowest BCUT2D eigenvalue weighted by Crippen LogP contribution is -2.34. The molecule has 1 unspecified atom stereocenters. The summed E-state index contributed by atoms with van der Waals surface area (Å²) in [6.07, 6.45) is 2.58. The Hall–Kier alpha value is -3.04. The molecule has 0 bridgehead atoms. The smallest absolute Gasteiger partial charge is 0.414 e. The van der Waals surface area contributed by atoms with Crippen LogP contribution in [0, 0.1) is 11.6 Å². The molecule has 1 aromatic carbocycles. The molecule has 0 spiro atoms. The van der Waals surface area contributed by atoms with Crippen molar-refractivity contribution in [1.82, 2.24) is 20.3 Å². The first-order valence-electron chi connectivity index (χ1n) is 8.59. The van der Waals surface area contributed by atoms with E-state index in [4.69, 9.17) is 4.74 Å². The van der Waals surface area contributed by atoms with E-state index in [9.17, 15) is 18.4 Å². The van der Waals surface area contributed by atoms with Crippen molar-refractivity contribution in [3.63, 3.8) is 0 Å². The van der Waals surface area contributed by atoms with Crippen molar-refractivity contribution in [3.8, 4) is 0 Å². The Morgan fingerprint density at radius 2 is 2.04 bits per heavy atom. The number of carbonyl (C=O) groups is 2. The number of anilines is 1. The number of rotatable bonds is 4. The molecule has 27 heavy (non-hydrogen) atoms. The Morgan fingerprint density at radius 3 is 2.67 bits per heavy atom. The Morgan fingerprint density at radius 1 is 1.26 bits per heavy atom. The van der Waals surface area contributed by atoms with E-state index >= 15 is 0 Å². The zero-order valence-electron chi connectivity index (χ0n) is 14.3. The quantitative estimate of drug-likeness (QED) is 0.874. The van der Waals surface area contributed by atoms with E-state index in [2.05, 4.69) is 15.6 Å². The van der Waals surface area contributed by atoms with Crippen LogP contribution in [0.4, 0.5) is 19.3 Å². The van der Waals surface area contributed by atoms with Gasteiger partial charge in [-0.1, -0.05) is 5.21 Å². The maximum absolute atomic E-state index is 14.6. The van der Waals surface area contributed by atoms with Gasteiger partial charge in [0.25, 0.3) is 0 Å². The molecule has 0 aliphatic carbocycles. The average Bonchev–Trinajstić information content (AvgIpc) is 3.26. The van der Waals surface area contributed by atoms with E-state index in [1.54, 1.807) is 6.20 Å². The number of aromatic nitrogens is 3. The van der Waals surface area contributed by atoms with Gasteiger partial charge in [0, 0.05) is 30.6 Å². The minimum Gasteiger partial charge on any atom is -0.442 e. The number of hydrogen-bond acceptors (Lipinski definition) is 5. The fraction of sp³-hybridized carbons (Fsp3) is 0.412. The number of halogens is 2. The summed E-state index contributed by atoms with van der Waals surface area (Å²) in [5.74, 6) is -2.03. The first kappa shape index (κ1) is 17.4. The van der Waals surface area contributed by atoms with Gasteiger partial charge >= 0.3 is 6.09 Å². The molecule has 4 rings (SSSR count). The standard InChI is InChI=1S/C17H17F2N5O3/c18-13-5-11(6-14(19)16(13)10-1-2-15(25)20-7-10)24-9-12(27-17(24)26)8-23-4-3-21-22-23/h3-6,10,12H,1-2,7-9H2,(H,20,25)/t10?,12-/m0/s1. The van der Waals surface area contributed by atoms with Crippen molar-refractivity contribution < 1.29 is 23.1 Å². The van der Waals surface area contributed by atoms with Crippen molar-refractivity contribution in [3.05, 3.63) is 41.7 Å². The number of amides is 2. The largest absolute Gasteiger partial charge is 0.442 e. The van der Waals surface area contributed by atoms with E-state index in [0.29, 0.717) is 13.0 Å². The van der Waals surface area contributed by atoms with E-state index in [0.717, 1.165) is 12.1 Å². The van der Waals surface area contributed by atoms with E-state index in [-0.39, 0.29) is 36.7 Å². The summed E-state index contributed by atoms with van der Waals surface area (Å²) in [6, 6.07) is 2.27. The molecule has 3 heterocycles. The summed E-state index contributed by atoms with van der Waals surface area (Å²) in [5.41, 5.74) is 0.0326. The molecule has 142 valence electrons. The highest BCUT2D eigenvalue weighted by molar-refractivity contribution is 5.89. The first-order chi connectivity index (χ1) is 13.0. The predicted molar refractivity (Wildman–Crippen MR) is 89.0 cm³/mol. The van der Waals surface area contributed by atoms with E-state index in [1.165, 1.54) is 15.8 Å². The molecular weight excluding hydrogens is 360 g/mol. The third-order valence-corrected chi connectivity index (χ3v) is 4.79. The van der Waals surface area contributed by atoms with Crippen LogP contribution in [-0.4, -0.2) is 46.2 Å². The van der Waals surface area contributed by atoms with E-state index in [1.807, 2.05) is 0 Å². The fourth-order valence-corrected chi connectivity index (χ4v) is 3.46. The first-order valence-corrected chi connectivity index (χ1v) is 8.59. The third-order valence-electron chi connectivity index (χ3n) is 4.79. The van der Waals surface area contributed by atoms with Gasteiger partial charge in [0.05, 0.1) is 25.0 Å². The third kappa shape index (κ3) is 3.46. The van der Waals surface area contributed by atoms with Gasteiger partial charge in [0.15, 0.2) is 0 Å². The maximum Gasteiger partial charge on any atom is 0.414 e. The number of benzene rings is 1. The van der Waals surface area contributed by atoms with Crippen LogP contribution in [0.25, 0.3) is 0 Å². The molecule has 2 saturated heterocycles. The number of carbonyl (C=O) groups excluding carboxylic acids is 2. The summed E-state index contributed by atoms with van der Waals surface area (Å²) in [4.78, 5) is 24.6. The molecule has 8 nitrogen and oxygen atoms in total. The lowest BCUT2D eigenvalue weighted by Gasteiger charge is -2.24. The van der Waals surface area contributed by atoms with Gasteiger partial charge in [-0.25, -0.2) is 18.3 Å². The van der Waals surface area contributed by atoms with Crippen LogP contribution in [-0.2, 0) is 16.1 Å². The molecule has 1 aromatic heterocycles. The molecule has 2 aliphatic heterocycles. The predicted octanol–water partition coefficient (Wildman–Crippen LogP) is 1.58. The highest BCUT2D eigenvalue weighted by Gasteiger charge is 2.34. The Labute approximate surface area is 153 Å². The molecular formula is C17H17F2N5O3. The molecule has 0 saturated carbocycles. The molecule has 2 amide bonds. The summed E-state index contributed by atoms with van der Waals surface area (Å²) in [7, 11) is 0. The minimum absolute atomic E-state index is 0.0644. The lowest BCUT2D eigenvalue weighted by atomic mass is 9.90. The van der Waals surface area contributed by atoms with Crippen LogP contribution in [0.15, 0.2) is 24.5 Å². The number of piperidine rings is 1. The number of nitrogens with zero attached hydrogens (tertiary/aromatic N) is 4. The Bertz CT molecular complexity index is 840. The second kappa shape index (κ2) is 6.93. The fourth-order valence-electron chi connectivity index (χ4n) is 3.46. The normalized spacial score (nSPS) is 22.7. The zero-order chi connectivity index (χ0) is 19.0. The highest BCUT2D eigenvalue weighted by Crippen LogP contribution is 2.32. The summed E-state index contributed by atoms with van der Waals surface area (Å²) >= 11 is 0. The number of hydrogen-bond donors (Lipinski definition) is 1. The molecule has 10 heteroatoms. The Balaban J connectivity index is 1.52. The van der Waals surface area contributed by atoms with Crippen molar-refractivity contribution in [1.29, 1.82) is 0 Å². The molecule has 2 aliphatic rings. The van der Waals surface area contributed by atoms with Crippen molar-refractivity contribution in [2.24, 2.45) is 0 Å². The van der Waals surface area contributed by atoms with Gasteiger partial charge in [-0.3, -0.25) is 9.69 Å². The minimum atomic E-state index is -0.737. The van der Waals surface area contributed by atoms with E-state index < -0.39 is 29.7 Å². The average molecular weight is 377 g/mol. The van der Waals surface area contributed by atoms with Crippen LogP contribution >= 0.6 is 0 Å². The van der Waals surface area contributed by atoms with Crippen molar-refractivity contribution >= 4 is 17.7 Å². The van der Waals surface area contributed by atoms with Crippen LogP contribution in [0.5, 0.6) is 0 Å². The molecule has 2 atom stereocenters. The Kier molecular flexibility index (Phi) is 4.46. The SMILES string of the molecule is O=C1CCC(c2c(F)cc(N3C[C@H](Cn4ccnn4)OC3=O)cc2F)CN1.